The quantitative estimate of drug-likeness (QED) is 0.695. The van der Waals surface area contributed by atoms with Crippen molar-refractivity contribution in [3.8, 4) is 0 Å². The van der Waals surface area contributed by atoms with E-state index >= 15 is 0 Å². The molecule has 94 valence electrons. The molecule has 19 heavy (non-hydrogen) atoms. The highest BCUT2D eigenvalue weighted by molar-refractivity contribution is 5.86. The van der Waals surface area contributed by atoms with Crippen LogP contribution in [-0.2, 0) is 6.42 Å². The molecule has 2 nitrogen and oxygen atoms in total. The first-order chi connectivity index (χ1) is 9.24. The van der Waals surface area contributed by atoms with Crippen LogP contribution in [-0.4, -0.2) is 10.2 Å². The normalized spacial score (nSPS) is 10.8. The highest BCUT2D eigenvalue weighted by Crippen LogP contribution is 2.22. The van der Waals surface area contributed by atoms with Gasteiger partial charge in [-0.05, 0) is 30.7 Å². The average Bonchev–Trinajstić information content (AvgIpc) is 2.43. The van der Waals surface area contributed by atoms with Crippen molar-refractivity contribution >= 4 is 10.8 Å². The Morgan fingerprint density at radius 3 is 2.53 bits per heavy atom. The molecular weight excluding hydrogens is 239 g/mol. The van der Waals surface area contributed by atoms with E-state index in [0.29, 0.717) is 6.42 Å². The highest BCUT2D eigenvalue weighted by atomic mass is 19.1. The first-order valence-corrected chi connectivity index (χ1v) is 6.19. The Morgan fingerprint density at radius 1 is 0.947 bits per heavy atom. The third-order valence-electron chi connectivity index (χ3n) is 3.22. The van der Waals surface area contributed by atoms with Gasteiger partial charge in [-0.2, -0.15) is 10.2 Å². The van der Waals surface area contributed by atoms with Crippen molar-refractivity contribution in [3.63, 3.8) is 0 Å². The molecule has 0 atom stereocenters. The summed E-state index contributed by atoms with van der Waals surface area (Å²) >= 11 is 0. The molecule has 0 spiro atoms. The van der Waals surface area contributed by atoms with Crippen LogP contribution >= 0.6 is 0 Å². The van der Waals surface area contributed by atoms with E-state index in [1.54, 1.807) is 6.07 Å². The highest BCUT2D eigenvalue weighted by Gasteiger charge is 2.08. The lowest BCUT2D eigenvalue weighted by atomic mass is 10.0. The van der Waals surface area contributed by atoms with Crippen molar-refractivity contribution < 1.29 is 4.39 Å². The summed E-state index contributed by atoms with van der Waals surface area (Å²) in [6.45, 7) is 1.89. The Hall–Kier alpha value is -2.29. The molecule has 0 saturated heterocycles. The minimum absolute atomic E-state index is 0.241. The predicted octanol–water partition coefficient (Wildman–Crippen LogP) is 3.67. The second kappa shape index (κ2) is 4.76. The molecular formula is C16H13FN2. The zero-order valence-corrected chi connectivity index (χ0v) is 10.6. The van der Waals surface area contributed by atoms with Gasteiger partial charge in [0.2, 0.25) is 0 Å². The fourth-order valence-electron chi connectivity index (χ4n) is 2.23. The summed E-state index contributed by atoms with van der Waals surface area (Å²) in [6.07, 6.45) is 0.661. The summed E-state index contributed by atoms with van der Waals surface area (Å²) in [5.74, 6) is -0.241. The fraction of sp³-hybridized carbons (Fsp3) is 0.125. The van der Waals surface area contributed by atoms with Crippen molar-refractivity contribution in [2.24, 2.45) is 0 Å². The minimum Gasteiger partial charge on any atom is -0.207 e. The smallest absolute Gasteiger partial charge is 0.123 e. The zero-order valence-electron chi connectivity index (χ0n) is 10.6. The largest absolute Gasteiger partial charge is 0.207 e. The van der Waals surface area contributed by atoms with E-state index in [1.807, 2.05) is 37.3 Å². The van der Waals surface area contributed by atoms with Crippen LogP contribution in [0.15, 0.2) is 48.5 Å². The van der Waals surface area contributed by atoms with Crippen LogP contribution in [0, 0.1) is 12.7 Å². The number of halogens is 1. The second-order valence-corrected chi connectivity index (χ2v) is 4.58. The Bertz CT molecular complexity index is 723. The maximum absolute atomic E-state index is 13.4. The lowest BCUT2D eigenvalue weighted by Gasteiger charge is -2.07. The van der Waals surface area contributed by atoms with Gasteiger partial charge in [0.15, 0.2) is 0 Å². The number of benzene rings is 2. The Kier molecular flexibility index (Phi) is 2.95. The molecule has 2 aromatic carbocycles. The molecule has 0 bridgehead atoms. The van der Waals surface area contributed by atoms with E-state index in [1.165, 1.54) is 12.1 Å². The molecule has 0 amide bonds. The Balaban J connectivity index is 2.13. The molecule has 0 aliphatic heterocycles. The number of aryl methyl sites for hydroxylation is 1. The number of nitrogens with zero attached hydrogens (tertiary/aromatic N) is 2. The van der Waals surface area contributed by atoms with Crippen LogP contribution in [0.4, 0.5) is 4.39 Å². The number of rotatable bonds is 2. The summed E-state index contributed by atoms with van der Waals surface area (Å²) < 4.78 is 13.4. The van der Waals surface area contributed by atoms with Gasteiger partial charge >= 0.3 is 0 Å². The van der Waals surface area contributed by atoms with Gasteiger partial charge in [0, 0.05) is 17.2 Å². The zero-order chi connectivity index (χ0) is 13.2. The lowest BCUT2D eigenvalue weighted by molar-refractivity contribution is 0.629. The summed E-state index contributed by atoms with van der Waals surface area (Å²) in [5.41, 5.74) is 2.78. The van der Waals surface area contributed by atoms with Gasteiger partial charge in [-0.3, -0.25) is 0 Å². The number of aromatic nitrogens is 2. The van der Waals surface area contributed by atoms with E-state index in [-0.39, 0.29) is 5.82 Å². The van der Waals surface area contributed by atoms with Gasteiger partial charge in [-0.1, -0.05) is 30.3 Å². The van der Waals surface area contributed by atoms with Crippen LogP contribution in [0.5, 0.6) is 0 Å². The number of fused-ring (bicyclic) bond motifs is 1. The van der Waals surface area contributed by atoms with Crippen LogP contribution in [0.2, 0.25) is 0 Å². The van der Waals surface area contributed by atoms with Crippen molar-refractivity contribution in [3.05, 3.63) is 71.3 Å². The van der Waals surface area contributed by atoms with Crippen molar-refractivity contribution in [2.45, 2.75) is 13.3 Å². The molecule has 0 saturated carbocycles. The van der Waals surface area contributed by atoms with Crippen LogP contribution < -0.4 is 0 Å². The Labute approximate surface area is 110 Å². The Morgan fingerprint density at radius 2 is 1.74 bits per heavy atom. The monoisotopic (exact) mass is 252 g/mol. The molecule has 1 aromatic heterocycles. The van der Waals surface area contributed by atoms with E-state index in [9.17, 15) is 4.39 Å². The average molecular weight is 252 g/mol. The maximum Gasteiger partial charge on any atom is 0.123 e. The molecule has 0 radical (unpaired) electrons. The van der Waals surface area contributed by atoms with Crippen LogP contribution in [0.3, 0.4) is 0 Å². The van der Waals surface area contributed by atoms with Gasteiger partial charge in [0.25, 0.3) is 0 Å². The van der Waals surface area contributed by atoms with E-state index in [2.05, 4.69) is 10.2 Å². The summed E-state index contributed by atoms with van der Waals surface area (Å²) in [7, 11) is 0. The predicted molar refractivity (Wildman–Crippen MR) is 73.5 cm³/mol. The molecule has 3 rings (SSSR count). The van der Waals surface area contributed by atoms with E-state index in [0.717, 1.165) is 27.7 Å². The third kappa shape index (κ3) is 2.32. The first kappa shape index (κ1) is 11.8. The molecule has 3 heteroatoms. The number of hydrogen-bond donors (Lipinski definition) is 0. The molecule has 0 aliphatic rings. The molecule has 0 fully saturated rings. The molecule has 1 heterocycles. The van der Waals surface area contributed by atoms with Gasteiger partial charge < -0.3 is 0 Å². The molecule has 0 N–H and O–H groups in total. The van der Waals surface area contributed by atoms with Crippen molar-refractivity contribution in [1.82, 2.24) is 10.2 Å². The lowest BCUT2D eigenvalue weighted by Crippen LogP contribution is -1.99. The van der Waals surface area contributed by atoms with Crippen LogP contribution in [0.25, 0.3) is 10.8 Å². The molecule has 0 unspecified atom stereocenters. The summed E-state index contributed by atoms with van der Waals surface area (Å²) in [4.78, 5) is 0. The van der Waals surface area contributed by atoms with Gasteiger partial charge in [-0.15, -0.1) is 0 Å². The first-order valence-electron chi connectivity index (χ1n) is 6.19. The topological polar surface area (TPSA) is 25.8 Å². The minimum atomic E-state index is -0.241. The molecule has 0 aliphatic carbocycles. The van der Waals surface area contributed by atoms with Crippen molar-refractivity contribution in [2.75, 3.05) is 0 Å². The summed E-state index contributed by atoms with van der Waals surface area (Å²) in [5, 5.41) is 10.2. The SMILES string of the molecule is Cc1nnc(Cc2ccccc2)c2cc(F)ccc12. The number of hydrogen-bond acceptors (Lipinski definition) is 2. The van der Waals surface area contributed by atoms with Crippen LogP contribution in [0.1, 0.15) is 17.0 Å². The van der Waals surface area contributed by atoms with Gasteiger partial charge in [0.05, 0.1) is 11.4 Å². The van der Waals surface area contributed by atoms with E-state index < -0.39 is 0 Å². The molecule has 3 aromatic rings. The fourth-order valence-corrected chi connectivity index (χ4v) is 2.23. The van der Waals surface area contributed by atoms with Gasteiger partial charge in [0.1, 0.15) is 5.82 Å². The maximum atomic E-state index is 13.4. The van der Waals surface area contributed by atoms with Gasteiger partial charge in [-0.25, -0.2) is 4.39 Å². The standard InChI is InChI=1S/C16H13FN2/c1-11-14-8-7-13(17)10-15(14)16(19-18-11)9-12-5-3-2-4-6-12/h2-8,10H,9H2,1H3. The second-order valence-electron chi connectivity index (χ2n) is 4.58. The summed E-state index contributed by atoms with van der Waals surface area (Å²) in [6, 6.07) is 14.8. The van der Waals surface area contributed by atoms with E-state index in [4.69, 9.17) is 0 Å². The third-order valence-corrected chi connectivity index (χ3v) is 3.22. The van der Waals surface area contributed by atoms with Crippen molar-refractivity contribution in [1.29, 1.82) is 0 Å².